The van der Waals surface area contributed by atoms with Gasteiger partial charge in [0.05, 0.1) is 6.04 Å². The number of azide groups is 1. The second kappa shape index (κ2) is 2.43. The van der Waals surface area contributed by atoms with Gasteiger partial charge in [0.1, 0.15) is 0 Å². The Hall–Kier alpha value is -0.810. The largest absolute Gasteiger partial charge is 0.352 e. The third kappa shape index (κ3) is 1.58. The topological polar surface area (TPSA) is 111 Å². The summed E-state index contributed by atoms with van der Waals surface area (Å²) in [7, 11) is 0. The van der Waals surface area contributed by atoms with Crippen molar-refractivity contribution in [1.29, 1.82) is 0 Å². The lowest BCUT2D eigenvalue weighted by atomic mass is 10.3. The molecule has 1 atom stereocenters. The number of aliphatic hydroxyl groups is 2. The van der Waals surface area contributed by atoms with Crippen molar-refractivity contribution in [2.75, 3.05) is 6.54 Å². The smallest absolute Gasteiger partial charge is 0.239 e. The zero-order chi connectivity index (χ0) is 7.61. The second-order valence-electron chi connectivity index (χ2n) is 2.17. The number of hydrogen-bond donors (Lipinski definition) is 3. The van der Waals surface area contributed by atoms with Crippen LogP contribution >= 0.6 is 0 Å². The van der Waals surface area contributed by atoms with E-state index in [1.807, 2.05) is 0 Å². The van der Waals surface area contributed by atoms with Crippen LogP contribution in [-0.2, 0) is 0 Å². The van der Waals surface area contributed by atoms with Crippen LogP contribution in [0.25, 0.3) is 10.4 Å². The molecule has 1 aliphatic rings. The van der Waals surface area contributed by atoms with Crippen LogP contribution in [0.1, 0.15) is 6.42 Å². The highest BCUT2D eigenvalue weighted by atomic mass is 16.5. The van der Waals surface area contributed by atoms with E-state index in [9.17, 15) is 0 Å². The molecule has 3 N–H and O–H groups in total. The number of nitrogens with zero attached hydrogens (tertiary/aromatic N) is 3. The molecule has 0 unspecified atom stereocenters. The van der Waals surface area contributed by atoms with Gasteiger partial charge in [-0.2, -0.15) is 0 Å². The summed E-state index contributed by atoms with van der Waals surface area (Å²) in [6.07, 6.45) is 0.455. The molecule has 0 aromatic heterocycles. The lowest BCUT2D eigenvalue weighted by Gasteiger charge is -1.93. The summed E-state index contributed by atoms with van der Waals surface area (Å²) in [5.74, 6) is -1.72. The normalized spacial score (nSPS) is 27.2. The fourth-order valence-corrected chi connectivity index (χ4v) is 0.720. The lowest BCUT2D eigenvalue weighted by molar-refractivity contribution is -0.0809. The molecule has 0 amide bonds. The first-order chi connectivity index (χ1) is 4.67. The molecule has 10 heavy (non-hydrogen) atoms. The van der Waals surface area contributed by atoms with Gasteiger partial charge in [-0.3, -0.25) is 5.32 Å². The quantitative estimate of drug-likeness (QED) is 0.160. The molecular weight excluding hydrogens is 136 g/mol. The van der Waals surface area contributed by atoms with Gasteiger partial charge >= 0.3 is 0 Å². The predicted molar refractivity (Wildman–Crippen MR) is 32.7 cm³/mol. The van der Waals surface area contributed by atoms with Gasteiger partial charge in [0.2, 0.25) is 5.91 Å². The molecule has 0 bridgehead atoms. The van der Waals surface area contributed by atoms with Gasteiger partial charge in [-0.25, -0.2) is 0 Å². The minimum absolute atomic E-state index is 0.289. The second-order valence-corrected chi connectivity index (χ2v) is 2.17. The van der Waals surface area contributed by atoms with Gasteiger partial charge < -0.3 is 10.2 Å². The zero-order valence-corrected chi connectivity index (χ0v) is 5.23. The monoisotopic (exact) mass is 144 g/mol. The molecule has 1 aliphatic heterocycles. The van der Waals surface area contributed by atoms with E-state index in [1.165, 1.54) is 0 Å². The van der Waals surface area contributed by atoms with Crippen molar-refractivity contribution in [2.24, 2.45) is 5.11 Å². The van der Waals surface area contributed by atoms with Crippen molar-refractivity contribution in [2.45, 2.75) is 18.4 Å². The molecule has 6 heteroatoms. The van der Waals surface area contributed by atoms with Gasteiger partial charge in [-0.05, 0) is 12.0 Å². The van der Waals surface area contributed by atoms with Crippen LogP contribution in [0.2, 0.25) is 0 Å². The van der Waals surface area contributed by atoms with Crippen LogP contribution in [0.3, 0.4) is 0 Å². The Morgan fingerprint density at radius 1 is 1.70 bits per heavy atom. The summed E-state index contributed by atoms with van der Waals surface area (Å²) in [5, 5.41) is 23.0. The summed E-state index contributed by atoms with van der Waals surface area (Å²) in [6, 6.07) is -0.335. The molecule has 0 aromatic carbocycles. The average Bonchev–Trinajstić information content (AvgIpc) is 2.41. The van der Waals surface area contributed by atoms with Crippen LogP contribution in [0.5, 0.6) is 0 Å². The summed E-state index contributed by atoms with van der Waals surface area (Å²) in [4.78, 5) is 2.52. The molecule has 0 radical (unpaired) electrons. The van der Waals surface area contributed by atoms with Crippen molar-refractivity contribution >= 4 is 0 Å². The molecule has 0 spiro atoms. The molecule has 0 saturated carbocycles. The van der Waals surface area contributed by atoms with E-state index >= 15 is 0 Å². The van der Waals surface area contributed by atoms with Crippen molar-refractivity contribution in [3.05, 3.63) is 10.4 Å². The summed E-state index contributed by atoms with van der Waals surface area (Å²) < 4.78 is 0. The van der Waals surface area contributed by atoms with E-state index in [0.717, 1.165) is 0 Å². The minimum atomic E-state index is -1.72. The van der Waals surface area contributed by atoms with Gasteiger partial charge in [0.15, 0.2) is 0 Å². The van der Waals surface area contributed by atoms with Gasteiger partial charge in [0.25, 0.3) is 0 Å². The van der Waals surface area contributed by atoms with Gasteiger partial charge in [0, 0.05) is 11.5 Å². The van der Waals surface area contributed by atoms with E-state index in [4.69, 9.17) is 15.7 Å². The Bertz CT molecular complexity index is 174. The van der Waals surface area contributed by atoms with E-state index in [2.05, 4.69) is 15.3 Å². The molecule has 1 saturated heterocycles. The summed E-state index contributed by atoms with van der Waals surface area (Å²) in [6.45, 7) is 0.289. The van der Waals surface area contributed by atoms with Crippen molar-refractivity contribution < 1.29 is 10.2 Å². The maximum absolute atomic E-state index is 8.70. The summed E-state index contributed by atoms with van der Waals surface area (Å²) in [5.41, 5.74) is 7.84. The van der Waals surface area contributed by atoms with Crippen LogP contribution in [0.15, 0.2) is 5.11 Å². The molecule has 1 fully saturated rings. The van der Waals surface area contributed by atoms with Crippen LogP contribution in [0.4, 0.5) is 0 Å². The first-order valence-electron chi connectivity index (χ1n) is 2.90. The zero-order valence-electron chi connectivity index (χ0n) is 5.23. The van der Waals surface area contributed by atoms with E-state index in [0.29, 0.717) is 6.42 Å². The Labute approximate surface area is 57.1 Å². The maximum atomic E-state index is 8.70. The Kier molecular flexibility index (Phi) is 1.78. The lowest BCUT2D eigenvalue weighted by Crippen LogP contribution is -2.14. The SMILES string of the molecule is [N-]=[N+]=NCC[C@H]1NC1(O)O. The number of nitrogens with one attached hydrogen (secondary N) is 1. The Morgan fingerprint density at radius 3 is 2.70 bits per heavy atom. The third-order valence-electron chi connectivity index (χ3n) is 1.37. The molecule has 1 heterocycles. The van der Waals surface area contributed by atoms with Crippen molar-refractivity contribution in [3.63, 3.8) is 0 Å². The molecule has 0 aromatic rings. The van der Waals surface area contributed by atoms with Gasteiger partial charge in [-0.15, -0.1) is 0 Å². The van der Waals surface area contributed by atoms with Crippen molar-refractivity contribution in [3.8, 4) is 0 Å². The first kappa shape index (κ1) is 7.30. The molecule has 1 rings (SSSR count). The van der Waals surface area contributed by atoms with Crippen LogP contribution in [-0.4, -0.2) is 28.7 Å². The number of rotatable bonds is 3. The van der Waals surface area contributed by atoms with E-state index in [-0.39, 0.29) is 12.6 Å². The average molecular weight is 144 g/mol. The van der Waals surface area contributed by atoms with E-state index < -0.39 is 5.91 Å². The Balaban J connectivity index is 2.13. The fraction of sp³-hybridized carbons (Fsp3) is 1.00. The molecule has 6 nitrogen and oxygen atoms in total. The number of hydrogen-bond acceptors (Lipinski definition) is 4. The summed E-state index contributed by atoms with van der Waals surface area (Å²) >= 11 is 0. The highest BCUT2D eigenvalue weighted by molar-refractivity contribution is 4.96. The predicted octanol–water partition coefficient (Wildman–Crippen LogP) is -0.703. The fourth-order valence-electron chi connectivity index (χ4n) is 0.720. The van der Waals surface area contributed by atoms with Gasteiger partial charge in [-0.1, -0.05) is 5.11 Å². The molecular formula is C4H8N4O2. The highest BCUT2D eigenvalue weighted by Crippen LogP contribution is 2.21. The molecule has 0 aliphatic carbocycles. The van der Waals surface area contributed by atoms with Crippen LogP contribution in [0, 0.1) is 0 Å². The standard InChI is InChI=1S/C4H8N4O2/c5-8-6-2-1-3-4(9,10)7-3/h3,7,9-10H,1-2H2/t3-/m1/s1. The molecule has 56 valence electrons. The van der Waals surface area contributed by atoms with Crippen LogP contribution < -0.4 is 5.32 Å². The third-order valence-corrected chi connectivity index (χ3v) is 1.37. The maximum Gasteiger partial charge on any atom is 0.239 e. The minimum Gasteiger partial charge on any atom is -0.352 e. The highest BCUT2D eigenvalue weighted by Gasteiger charge is 2.50. The van der Waals surface area contributed by atoms with E-state index in [1.54, 1.807) is 0 Å². The first-order valence-corrected chi connectivity index (χ1v) is 2.90. The Morgan fingerprint density at radius 2 is 2.30 bits per heavy atom. The van der Waals surface area contributed by atoms with Crippen molar-refractivity contribution in [1.82, 2.24) is 5.32 Å².